The minimum Gasteiger partial charge on any atom is -0.504 e. The Labute approximate surface area is 673 Å². The molecule has 0 fully saturated rings. The van der Waals surface area contributed by atoms with Crippen LogP contribution in [0, 0.1) is 55.3 Å². The maximum atomic E-state index is 11.6. The van der Waals surface area contributed by atoms with Gasteiger partial charge in [-0.1, -0.05) is 96.9 Å². The van der Waals surface area contributed by atoms with Gasteiger partial charge in [-0.05, 0) is 148 Å². The van der Waals surface area contributed by atoms with Crippen LogP contribution >= 0.6 is 0 Å². The zero-order valence-corrected chi connectivity index (χ0v) is 67.6. The smallest absolute Gasteiger partial charge is 0.338 e. The first-order valence-corrected chi connectivity index (χ1v) is 35.7. The van der Waals surface area contributed by atoms with E-state index in [1.54, 1.807) is 109 Å². The number of carbonyl (C=O) groups excluding carboxylic acids is 8. The summed E-state index contributed by atoms with van der Waals surface area (Å²) in [6.45, 7) is 32.1. The van der Waals surface area contributed by atoms with Crippen molar-refractivity contribution in [2.45, 2.75) is 131 Å². The first kappa shape index (κ1) is 101. The van der Waals surface area contributed by atoms with Crippen molar-refractivity contribution in [3.05, 3.63) is 153 Å². The average molecular weight is 1640 g/mol. The van der Waals surface area contributed by atoms with Gasteiger partial charge in [-0.15, -0.1) is 0 Å². The third kappa shape index (κ3) is 31.6. The fourth-order valence-electron chi connectivity index (χ4n) is 8.81. The molecule has 8 rings (SSSR count). The lowest BCUT2D eigenvalue weighted by Gasteiger charge is -2.09. The summed E-state index contributed by atoms with van der Waals surface area (Å²) in [6.07, 6.45) is -0.296. The Hall–Kier alpha value is -13.9. The van der Waals surface area contributed by atoms with Crippen molar-refractivity contribution in [2.75, 3.05) is 13.2 Å². The molecule has 8 aromatic carbocycles. The van der Waals surface area contributed by atoms with Crippen LogP contribution < -0.4 is 0 Å². The lowest BCUT2D eigenvalue weighted by atomic mass is 9.99. The Bertz CT molecular complexity index is 4120. The number of phenolic OH excluding ortho intramolecular Hbond substituents is 22. The van der Waals surface area contributed by atoms with E-state index in [1.165, 1.54) is 12.1 Å². The van der Waals surface area contributed by atoms with Gasteiger partial charge in [-0.3, -0.25) is 24.0 Å². The van der Waals surface area contributed by atoms with Gasteiger partial charge in [-0.2, -0.15) is 0 Å². The molecule has 117 heavy (non-hydrogen) atoms. The van der Waals surface area contributed by atoms with Crippen LogP contribution in [0.1, 0.15) is 205 Å². The van der Waals surface area contributed by atoms with E-state index < -0.39 is 121 Å². The van der Waals surface area contributed by atoms with Crippen LogP contribution in [0.2, 0.25) is 0 Å². The van der Waals surface area contributed by atoms with Crippen LogP contribution in [0.25, 0.3) is 0 Å². The van der Waals surface area contributed by atoms with Crippen LogP contribution in [-0.2, 0) is 14.2 Å². The topological polar surface area (TPSA) is 609 Å². The summed E-state index contributed by atoms with van der Waals surface area (Å²) < 4.78 is 14.6. The molecule has 0 heterocycles. The van der Waals surface area contributed by atoms with Gasteiger partial charge in [0.1, 0.15) is 0 Å². The number of aryl methyl sites for hydroxylation is 2. The summed E-state index contributed by atoms with van der Waals surface area (Å²) in [6, 6.07) is 18.8. The second-order valence-corrected chi connectivity index (χ2v) is 28.5. The SMILES string of the molecule is CC(C)C(=O)c1cc(O)c(O)c(O)c1.CC(C)C(=O)c1cc(O)c(O)c(O)c1.CC(C)C(=O)c1cc(O)c(O)c(O)c1.CC(C)COC(=O)c1cc(O)c(O)c(O)c1.CC(C)COC(=O)c1cc(O)c(O)c(O)c1.CC(C)OC(=O)c1cc(O)c(O)c(O)c1.Cc1cc(C(=O)C(C)C)cc(O)c1O.Cc1cc(C(=O)C(C)C)cc(O)c1O. The molecule has 33 nitrogen and oxygen atoms in total. The van der Waals surface area contributed by atoms with Crippen LogP contribution in [0.4, 0.5) is 0 Å². The number of phenols is 22. The van der Waals surface area contributed by atoms with Gasteiger partial charge < -0.3 is 127 Å². The molecule has 0 saturated carbocycles. The van der Waals surface area contributed by atoms with Gasteiger partial charge >= 0.3 is 17.9 Å². The molecule has 0 spiro atoms. The molecule has 0 radical (unpaired) electrons. The Morgan fingerprint density at radius 2 is 0.368 bits per heavy atom. The highest BCUT2D eigenvalue weighted by Gasteiger charge is 2.23. The predicted octanol–water partition coefficient (Wildman–Crippen LogP) is 14.0. The molecular formula is C84H104O33. The molecular weight excluding hydrogens is 1540 g/mol. The summed E-state index contributed by atoms with van der Waals surface area (Å²) in [7, 11) is 0. The minimum absolute atomic E-state index is 0.00606. The summed E-state index contributed by atoms with van der Waals surface area (Å²) in [4.78, 5) is 91.7. The van der Waals surface area contributed by atoms with Gasteiger partial charge in [0.25, 0.3) is 0 Å². The molecule has 0 atom stereocenters. The number of rotatable bonds is 18. The van der Waals surface area contributed by atoms with Crippen molar-refractivity contribution < 1.29 is 165 Å². The summed E-state index contributed by atoms with van der Waals surface area (Å²) in [5.74, 6) is -14.1. The van der Waals surface area contributed by atoms with Crippen molar-refractivity contribution in [3.8, 4) is 126 Å². The van der Waals surface area contributed by atoms with E-state index in [4.69, 9.17) is 85.7 Å². The van der Waals surface area contributed by atoms with E-state index in [-0.39, 0.29) is 146 Å². The van der Waals surface area contributed by atoms with Crippen molar-refractivity contribution >= 4 is 46.8 Å². The summed E-state index contributed by atoms with van der Waals surface area (Å²) in [5.41, 5.74) is 2.43. The molecule has 638 valence electrons. The van der Waals surface area contributed by atoms with E-state index in [1.807, 2.05) is 27.7 Å². The number of Topliss-reactive ketones (excluding diaryl/α,β-unsaturated/α-hetero) is 5. The van der Waals surface area contributed by atoms with E-state index >= 15 is 0 Å². The molecule has 0 amide bonds. The average Bonchev–Trinajstić information content (AvgIpc) is 0.880. The van der Waals surface area contributed by atoms with Crippen molar-refractivity contribution in [2.24, 2.45) is 41.4 Å². The van der Waals surface area contributed by atoms with E-state index in [0.29, 0.717) is 22.3 Å². The number of ketones is 5. The first-order chi connectivity index (χ1) is 53.9. The Kier molecular flexibility index (Phi) is 39.5. The van der Waals surface area contributed by atoms with Crippen LogP contribution in [0.15, 0.2) is 97.1 Å². The highest BCUT2D eigenvalue weighted by molar-refractivity contribution is 6.01. The van der Waals surface area contributed by atoms with Gasteiger partial charge in [0.05, 0.1) is 36.0 Å². The lowest BCUT2D eigenvalue weighted by Crippen LogP contribution is -2.11. The minimum atomic E-state index is -0.671. The number of aromatic hydroxyl groups is 22. The number of benzene rings is 8. The van der Waals surface area contributed by atoms with Crippen LogP contribution in [-0.4, -0.2) is 178 Å². The first-order valence-electron chi connectivity index (χ1n) is 35.7. The third-order valence-corrected chi connectivity index (χ3v) is 15.2. The van der Waals surface area contributed by atoms with Gasteiger partial charge in [0.2, 0.25) is 0 Å². The molecule has 0 aliphatic carbocycles. The van der Waals surface area contributed by atoms with E-state index in [0.717, 1.165) is 72.8 Å². The van der Waals surface area contributed by atoms with E-state index in [2.05, 4.69) is 0 Å². The molecule has 0 saturated heterocycles. The quantitative estimate of drug-likeness (QED) is 0.0164. The Balaban J connectivity index is 0.000000669. The number of ether oxygens (including phenoxy) is 3. The third-order valence-electron chi connectivity index (χ3n) is 15.2. The Morgan fingerprint density at radius 1 is 0.222 bits per heavy atom. The van der Waals surface area contributed by atoms with Gasteiger partial charge in [-0.25, -0.2) is 14.4 Å². The monoisotopic (exact) mass is 1640 g/mol. The normalized spacial score (nSPS) is 10.5. The fraction of sp³-hybridized carbons (Fsp3) is 0.333. The van der Waals surface area contributed by atoms with Gasteiger partial charge in [0, 0.05) is 57.4 Å². The second-order valence-electron chi connectivity index (χ2n) is 28.5. The second kappa shape index (κ2) is 45.7. The van der Waals surface area contributed by atoms with Crippen LogP contribution in [0.5, 0.6) is 126 Å². The predicted molar refractivity (Wildman–Crippen MR) is 424 cm³/mol. The Morgan fingerprint density at radius 3 is 0.513 bits per heavy atom. The number of hydrogen-bond acceptors (Lipinski definition) is 33. The van der Waals surface area contributed by atoms with Crippen molar-refractivity contribution in [3.63, 3.8) is 0 Å². The molecule has 0 aromatic heterocycles. The molecule has 8 aromatic rings. The maximum Gasteiger partial charge on any atom is 0.338 e. The van der Waals surface area contributed by atoms with Crippen molar-refractivity contribution in [1.82, 2.24) is 0 Å². The number of carbonyl (C=O) groups is 8. The zero-order valence-electron chi connectivity index (χ0n) is 67.6. The zero-order chi connectivity index (χ0) is 90.6. The summed E-state index contributed by atoms with van der Waals surface area (Å²) >= 11 is 0. The molecule has 0 unspecified atom stereocenters. The molecule has 0 aliphatic heterocycles. The largest absolute Gasteiger partial charge is 0.504 e. The highest BCUT2D eigenvalue weighted by Crippen LogP contribution is 2.42. The maximum absolute atomic E-state index is 11.6. The molecule has 0 aliphatic rings. The fourth-order valence-corrected chi connectivity index (χ4v) is 8.81. The molecule has 22 N–H and O–H groups in total. The standard InChI is InChI=1S/2C11H14O5.2C11H14O3.C10H12O5.3C10H12O4/c2*1-6(2)5-16-11(15)7-3-8(12)10(14)9(13)4-7;2*1-6(2)10(13)8-4-7(3)11(14)9(12)5-8;1-5(2)15-10(14)6-3-7(11)9(13)8(12)4-6;3*1-5(2)9(13)6-3-7(11)10(14)8(12)4-6/h2*3-4,6,12-14H,5H2,1-2H3;2*4-6,12,14H,1-3H3;3-5,11-13H,1-2H3;3*3-5,11-12,14H,1-2H3. The molecule has 33 heteroatoms. The molecule has 0 bridgehead atoms. The lowest BCUT2D eigenvalue weighted by molar-refractivity contribution is 0.0374. The van der Waals surface area contributed by atoms with Crippen LogP contribution in [0.3, 0.4) is 0 Å². The number of esters is 3. The van der Waals surface area contributed by atoms with Crippen molar-refractivity contribution in [1.29, 1.82) is 0 Å². The summed E-state index contributed by atoms with van der Waals surface area (Å²) in [5, 5.41) is 201. The van der Waals surface area contributed by atoms with Gasteiger partial charge in [0.15, 0.2) is 155 Å². The highest BCUT2D eigenvalue weighted by atomic mass is 16.5. The number of hydrogen-bond donors (Lipinski definition) is 22. The van der Waals surface area contributed by atoms with E-state index in [9.17, 15) is 79.2 Å².